The SMILES string of the molecule is CC/C=C/C=C/C=C/CCCCCCCCCC(=O)NC(COP(=O)([O-])OCC[N+](C)(C)C)C(/C=C/CCCCCCCCCCCCC)OC(=O)CCCCCC/C=C\C/C=C\C/C=C\CCCCC. The van der Waals surface area contributed by atoms with Crippen LogP contribution in [0.25, 0.3) is 0 Å². The number of ether oxygens (including phenoxy) is 1. The number of likely N-dealkylation sites (N-methyl/N-ethyl adjacent to an activating group) is 1. The lowest BCUT2D eigenvalue weighted by molar-refractivity contribution is -0.870. The van der Waals surface area contributed by atoms with Crippen LogP contribution in [0, 0.1) is 0 Å². The van der Waals surface area contributed by atoms with E-state index in [4.69, 9.17) is 13.8 Å². The van der Waals surface area contributed by atoms with Crippen molar-refractivity contribution in [1.29, 1.82) is 0 Å². The molecule has 0 aromatic heterocycles. The number of esters is 1. The fourth-order valence-electron chi connectivity index (χ4n) is 7.88. The standard InChI is InChI=1S/C61H109N2O7P/c1-7-10-13-16-19-22-25-28-30-31-33-36-39-42-45-48-51-54-61(65)70-59(52-49-46-43-40-37-34-27-24-21-18-15-12-9-3)58(57-69-71(66,67)68-56-55-63(4,5)6)62-60(64)53-50-47-44-41-38-35-32-29-26-23-20-17-14-11-8-2/h11,14,17,19-20,22-23,26,28,30,33,36,49,52,58-59H,7-10,12-13,15-16,18,21,24-25,27,29,31-32,34-35,37-48,50-51,53-57H2,1-6H3,(H-,62,64,66,67)/b14-11+,20-17+,22-19-,26-23+,30-28-,36-33-,52-49+. The number of rotatable bonds is 51. The van der Waals surface area contributed by atoms with Gasteiger partial charge in [-0.3, -0.25) is 14.2 Å². The second kappa shape index (κ2) is 50.7. The minimum atomic E-state index is -4.71. The average Bonchev–Trinajstić information content (AvgIpc) is 3.33. The summed E-state index contributed by atoms with van der Waals surface area (Å²) in [5.41, 5.74) is 0. The number of carbonyl (C=O) groups excluding carboxylic acids is 2. The van der Waals surface area contributed by atoms with Crippen molar-refractivity contribution < 1.29 is 37.3 Å². The third-order valence-electron chi connectivity index (χ3n) is 12.4. The fourth-order valence-corrected chi connectivity index (χ4v) is 8.60. The molecule has 0 heterocycles. The van der Waals surface area contributed by atoms with E-state index in [-0.39, 0.29) is 24.9 Å². The molecule has 410 valence electrons. The highest BCUT2D eigenvalue weighted by atomic mass is 31.2. The second-order valence-corrected chi connectivity index (χ2v) is 21.9. The fraction of sp³-hybridized carbons (Fsp3) is 0.738. The van der Waals surface area contributed by atoms with Gasteiger partial charge in [0.1, 0.15) is 19.3 Å². The first-order chi connectivity index (χ1) is 34.4. The van der Waals surface area contributed by atoms with Gasteiger partial charge in [-0.1, -0.05) is 222 Å². The van der Waals surface area contributed by atoms with E-state index in [1.165, 1.54) is 103 Å². The first-order valence-electron chi connectivity index (χ1n) is 28.9. The van der Waals surface area contributed by atoms with Gasteiger partial charge in [0, 0.05) is 12.8 Å². The molecule has 10 heteroatoms. The van der Waals surface area contributed by atoms with E-state index in [0.717, 1.165) is 96.3 Å². The summed E-state index contributed by atoms with van der Waals surface area (Å²) in [7, 11) is 1.15. The Kier molecular flexibility index (Phi) is 48.7. The average molecular weight is 1010 g/mol. The molecule has 3 unspecified atom stereocenters. The molecule has 3 atom stereocenters. The molecule has 9 nitrogen and oxygen atoms in total. The van der Waals surface area contributed by atoms with E-state index >= 15 is 0 Å². The highest BCUT2D eigenvalue weighted by Crippen LogP contribution is 2.38. The lowest BCUT2D eigenvalue weighted by Gasteiger charge is -2.30. The summed E-state index contributed by atoms with van der Waals surface area (Å²) in [5.74, 6) is -0.584. The van der Waals surface area contributed by atoms with Crippen LogP contribution in [0.4, 0.5) is 0 Å². The number of phosphoric acid groups is 1. The maximum absolute atomic E-state index is 13.5. The van der Waals surface area contributed by atoms with Gasteiger partial charge in [0.15, 0.2) is 0 Å². The second-order valence-electron chi connectivity index (χ2n) is 20.5. The van der Waals surface area contributed by atoms with Gasteiger partial charge < -0.3 is 28.5 Å². The van der Waals surface area contributed by atoms with Gasteiger partial charge in [-0.15, -0.1) is 0 Å². The number of phosphoric ester groups is 1. The molecule has 0 aliphatic heterocycles. The number of quaternary nitrogens is 1. The highest BCUT2D eigenvalue weighted by molar-refractivity contribution is 7.45. The summed E-state index contributed by atoms with van der Waals surface area (Å²) >= 11 is 0. The van der Waals surface area contributed by atoms with Crippen molar-refractivity contribution in [3.63, 3.8) is 0 Å². The van der Waals surface area contributed by atoms with E-state index in [0.29, 0.717) is 23.9 Å². The van der Waals surface area contributed by atoms with Gasteiger partial charge in [0.05, 0.1) is 33.8 Å². The maximum Gasteiger partial charge on any atom is 0.306 e. The molecular formula is C61H109N2O7P. The Hall–Kier alpha value is -2.81. The zero-order valence-corrected chi connectivity index (χ0v) is 47.5. The van der Waals surface area contributed by atoms with Crippen molar-refractivity contribution >= 4 is 19.7 Å². The quantitative estimate of drug-likeness (QED) is 0.0161. The van der Waals surface area contributed by atoms with Crippen molar-refractivity contribution in [3.05, 3.63) is 85.1 Å². The molecule has 1 amide bonds. The van der Waals surface area contributed by atoms with Gasteiger partial charge in [-0.05, 0) is 89.5 Å². The van der Waals surface area contributed by atoms with Crippen molar-refractivity contribution in [3.8, 4) is 0 Å². The predicted molar refractivity (Wildman–Crippen MR) is 302 cm³/mol. The molecule has 0 aromatic rings. The number of amides is 1. The van der Waals surface area contributed by atoms with Crippen molar-refractivity contribution in [2.75, 3.05) is 40.9 Å². The highest BCUT2D eigenvalue weighted by Gasteiger charge is 2.27. The number of nitrogens with one attached hydrogen (secondary N) is 1. The molecule has 0 saturated heterocycles. The van der Waals surface area contributed by atoms with E-state index in [1.54, 1.807) is 0 Å². The Bertz CT molecular complexity index is 1490. The zero-order valence-electron chi connectivity index (χ0n) is 46.7. The summed E-state index contributed by atoms with van der Waals surface area (Å²) < 4.78 is 30.2. The maximum atomic E-state index is 13.5. The first-order valence-corrected chi connectivity index (χ1v) is 30.4. The molecule has 0 saturated carbocycles. The van der Waals surface area contributed by atoms with Crippen LogP contribution in [0.3, 0.4) is 0 Å². The number of hydrogen-bond acceptors (Lipinski definition) is 7. The Morgan fingerprint density at radius 1 is 0.521 bits per heavy atom. The summed E-state index contributed by atoms with van der Waals surface area (Å²) in [6, 6.07) is -0.907. The molecular weight excluding hydrogens is 904 g/mol. The molecule has 0 radical (unpaired) electrons. The molecule has 1 N–H and O–H groups in total. The Labute approximate surface area is 437 Å². The molecule has 0 rings (SSSR count). The monoisotopic (exact) mass is 1010 g/mol. The molecule has 0 bridgehead atoms. The van der Waals surface area contributed by atoms with E-state index in [2.05, 4.69) is 99.0 Å². The Morgan fingerprint density at radius 3 is 1.49 bits per heavy atom. The molecule has 0 fully saturated rings. The van der Waals surface area contributed by atoms with Gasteiger partial charge in [-0.2, -0.15) is 0 Å². The number of carbonyl (C=O) groups is 2. The lowest BCUT2D eigenvalue weighted by Crippen LogP contribution is -2.47. The minimum Gasteiger partial charge on any atom is -0.756 e. The van der Waals surface area contributed by atoms with Crippen LogP contribution in [0.15, 0.2) is 85.1 Å². The van der Waals surface area contributed by atoms with E-state index < -0.39 is 26.6 Å². The number of unbranched alkanes of at least 4 members (excludes halogenated alkanes) is 25. The summed E-state index contributed by atoms with van der Waals surface area (Å²) in [6.45, 7) is 6.65. The summed E-state index contributed by atoms with van der Waals surface area (Å²) in [5, 5.41) is 3.01. The number of allylic oxidation sites excluding steroid dienone is 13. The van der Waals surface area contributed by atoms with Crippen LogP contribution in [0.5, 0.6) is 0 Å². The molecule has 0 aliphatic rings. The van der Waals surface area contributed by atoms with Crippen molar-refractivity contribution in [2.45, 2.75) is 251 Å². The minimum absolute atomic E-state index is 0.0323. The van der Waals surface area contributed by atoms with Crippen molar-refractivity contribution in [1.82, 2.24) is 5.32 Å². The van der Waals surface area contributed by atoms with Gasteiger partial charge in [0.25, 0.3) is 7.82 Å². The molecule has 0 aromatic carbocycles. The number of nitrogens with zero attached hydrogens (tertiary/aromatic N) is 1. The van der Waals surface area contributed by atoms with Crippen LogP contribution in [0.1, 0.15) is 239 Å². The van der Waals surface area contributed by atoms with Crippen LogP contribution >= 0.6 is 7.82 Å². The van der Waals surface area contributed by atoms with Crippen molar-refractivity contribution in [2.24, 2.45) is 0 Å². The largest absolute Gasteiger partial charge is 0.756 e. The van der Waals surface area contributed by atoms with Crippen LogP contribution in [0.2, 0.25) is 0 Å². The molecule has 0 spiro atoms. The summed E-state index contributed by atoms with van der Waals surface area (Å²) in [6.07, 6.45) is 65.4. The van der Waals surface area contributed by atoms with Crippen LogP contribution < -0.4 is 10.2 Å². The van der Waals surface area contributed by atoms with Gasteiger partial charge in [-0.25, -0.2) is 0 Å². The van der Waals surface area contributed by atoms with Gasteiger partial charge >= 0.3 is 5.97 Å². The summed E-state index contributed by atoms with van der Waals surface area (Å²) in [4.78, 5) is 39.9. The topological polar surface area (TPSA) is 114 Å². The van der Waals surface area contributed by atoms with Crippen LogP contribution in [-0.2, 0) is 27.9 Å². The van der Waals surface area contributed by atoms with E-state index in [9.17, 15) is 19.0 Å². The normalized spacial score (nSPS) is 14.4. The molecule has 71 heavy (non-hydrogen) atoms. The predicted octanol–water partition coefficient (Wildman–Crippen LogP) is 16.8. The third kappa shape index (κ3) is 51.9. The Balaban J connectivity index is 5.43. The zero-order chi connectivity index (χ0) is 52.2. The van der Waals surface area contributed by atoms with Crippen LogP contribution in [-0.4, -0.2) is 69.4 Å². The van der Waals surface area contributed by atoms with E-state index in [1.807, 2.05) is 33.3 Å². The number of hydrogen-bond donors (Lipinski definition) is 1. The van der Waals surface area contributed by atoms with Gasteiger partial charge in [0.2, 0.25) is 5.91 Å². The molecule has 0 aliphatic carbocycles. The third-order valence-corrected chi connectivity index (χ3v) is 13.3. The first kappa shape index (κ1) is 68.2. The smallest absolute Gasteiger partial charge is 0.306 e. The Morgan fingerprint density at radius 2 is 0.958 bits per heavy atom. The lowest BCUT2D eigenvalue weighted by atomic mass is 10.0.